The second-order valence-corrected chi connectivity index (χ2v) is 7.60. The standard InChI is InChI=1S/C21H34N2O2.ClH/c1-15(2)19-7-6-16(3)20(14-19)25-17(4)21(24)23-12-9-18(10-13-23)8-11-22-5;/h6-7,14-15,17-18,22H,8-13H2,1-5H3;1H. The Morgan fingerprint density at radius 3 is 2.50 bits per heavy atom. The number of hydrogen-bond acceptors (Lipinski definition) is 3. The Morgan fingerprint density at radius 1 is 1.27 bits per heavy atom. The van der Waals surface area contributed by atoms with Crippen molar-refractivity contribution in [3.63, 3.8) is 0 Å². The summed E-state index contributed by atoms with van der Waals surface area (Å²) in [6.45, 7) is 11.0. The van der Waals surface area contributed by atoms with E-state index in [9.17, 15) is 4.79 Å². The number of piperidine rings is 1. The first-order valence-electron chi connectivity index (χ1n) is 9.63. The Hall–Kier alpha value is -1.26. The van der Waals surface area contributed by atoms with E-state index in [1.165, 1.54) is 12.0 Å². The number of carbonyl (C=O) groups excluding carboxylic acids is 1. The number of amides is 1. The molecule has 1 aromatic rings. The van der Waals surface area contributed by atoms with Crippen molar-refractivity contribution < 1.29 is 9.53 Å². The highest BCUT2D eigenvalue weighted by molar-refractivity contribution is 5.85. The van der Waals surface area contributed by atoms with Crippen molar-refractivity contribution in [2.75, 3.05) is 26.7 Å². The van der Waals surface area contributed by atoms with Gasteiger partial charge in [-0.2, -0.15) is 0 Å². The number of hydrogen-bond donors (Lipinski definition) is 1. The summed E-state index contributed by atoms with van der Waals surface area (Å²) in [4.78, 5) is 14.7. The maximum Gasteiger partial charge on any atom is 0.263 e. The highest BCUT2D eigenvalue weighted by Crippen LogP contribution is 2.26. The van der Waals surface area contributed by atoms with Gasteiger partial charge >= 0.3 is 0 Å². The third-order valence-corrected chi connectivity index (χ3v) is 5.26. The molecule has 0 bridgehead atoms. The minimum absolute atomic E-state index is 0. The lowest BCUT2D eigenvalue weighted by atomic mass is 9.93. The number of nitrogens with one attached hydrogen (secondary N) is 1. The van der Waals surface area contributed by atoms with E-state index in [4.69, 9.17) is 4.74 Å². The van der Waals surface area contributed by atoms with Gasteiger partial charge in [0.2, 0.25) is 0 Å². The number of likely N-dealkylation sites (tertiary alicyclic amines) is 1. The first-order chi connectivity index (χ1) is 11.9. The summed E-state index contributed by atoms with van der Waals surface area (Å²) in [7, 11) is 1.99. The number of rotatable bonds is 7. The van der Waals surface area contributed by atoms with E-state index >= 15 is 0 Å². The average molecular weight is 383 g/mol. The zero-order chi connectivity index (χ0) is 18.4. The molecule has 1 saturated heterocycles. The largest absolute Gasteiger partial charge is 0.481 e. The Kier molecular flexibility index (Phi) is 9.45. The Morgan fingerprint density at radius 2 is 1.92 bits per heavy atom. The van der Waals surface area contributed by atoms with Crippen LogP contribution in [0.15, 0.2) is 18.2 Å². The predicted molar refractivity (Wildman–Crippen MR) is 110 cm³/mol. The Labute approximate surface area is 165 Å². The first kappa shape index (κ1) is 22.8. The van der Waals surface area contributed by atoms with Crippen LogP contribution in [-0.2, 0) is 4.79 Å². The molecule has 1 heterocycles. The molecule has 26 heavy (non-hydrogen) atoms. The molecule has 0 aromatic heterocycles. The summed E-state index contributed by atoms with van der Waals surface area (Å²) in [5, 5.41) is 3.21. The maximum absolute atomic E-state index is 12.7. The minimum atomic E-state index is -0.435. The molecule has 0 spiro atoms. The molecule has 1 unspecified atom stereocenters. The molecule has 1 atom stereocenters. The van der Waals surface area contributed by atoms with Gasteiger partial charge in [-0.15, -0.1) is 12.4 Å². The Balaban J connectivity index is 0.00000338. The van der Waals surface area contributed by atoms with Gasteiger partial charge in [0.05, 0.1) is 0 Å². The van der Waals surface area contributed by atoms with Crippen molar-refractivity contribution in [3.8, 4) is 5.75 Å². The average Bonchev–Trinajstić information content (AvgIpc) is 2.61. The van der Waals surface area contributed by atoms with Crippen molar-refractivity contribution in [2.45, 2.75) is 59.0 Å². The van der Waals surface area contributed by atoms with Crippen molar-refractivity contribution in [3.05, 3.63) is 29.3 Å². The van der Waals surface area contributed by atoms with E-state index in [0.717, 1.165) is 49.7 Å². The lowest BCUT2D eigenvalue weighted by molar-refractivity contribution is -0.139. The van der Waals surface area contributed by atoms with E-state index in [0.29, 0.717) is 5.92 Å². The summed E-state index contributed by atoms with van der Waals surface area (Å²) in [6.07, 6.45) is 2.96. The highest BCUT2D eigenvalue weighted by Gasteiger charge is 2.27. The van der Waals surface area contributed by atoms with Crippen LogP contribution < -0.4 is 10.1 Å². The van der Waals surface area contributed by atoms with Gasteiger partial charge in [0.1, 0.15) is 5.75 Å². The van der Waals surface area contributed by atoms with Gasteiger partial charge in [-0.1, -0.05) is 26.0 Å². The van der Waals surface area contributed by atoms with E-state index in [-0.39, 0.29) is 18.3 Å². The minimum Gasteiger partial charge on any atom is -0.481 e. The predicted octanol–water partition coefficient (Wildman–Crippen LogP) is 4.16. The zero-order valence-corrected chi connectivity index (χ0v) is 17.7. The Bertz CT molecular complexity index is 569. The van der Waals surface area contributed by atoms with Crippen molar-refractivity contribution >= 4 is 18.3 Å². The summed E-state index contributed by atoms with van der Waals surface area (Å²) >= 11 is 0. The second kappa shape index (κ2) is 10.8. The van der Waals surface area contributed by atoms with Gasteiger partial charge in [0.25, 0.3) is 5.91 Å². The fraction of sp³-hybridized carbons (Fsp3) is 0.667. The fourth-order valence-corrected chi connectivity index (χ4v) is 3.39. The van der Waals surface area contributed by atoms with E-state index in [1.807, 2.05) is 25.8 Å². The van der Waals surface area contributed by atoms with Gasteiger partial charge in [0, 0.05) is 13.1 Å². The third kappa shape index (κ3) is 6.17. The van der Waals surface area contributed by atoms with Crippen LogP contribution in [0.5, 0.6) is 5.75 Å². The van der Waals surface area contributed by atoms with Gasteiger partial charge < -0.3 is 15.0 Å². The van der Waals surface area contributed by atoms with Gasteiger partial charge in [-0.3, -0.25) is 4.79 Å². The highest BCUT2D eigenvalue weighted by atomic mass is 35.5. The molecule has 148 valence electrons. The van der Waals surface area contributed by atoms with Crippen LogP contribution >= 0.6 is 12.4 Å². The second-order valence-electron chi connectivity index (χ2n) is 7.60. The summed E-state index contributed by atoms with van der Waals surface area (Å²) in [5.74, 6) is 2.13. The van der Waals surface area contributed by atoms with E-state index < -0.39 is 6.10 Å². The molecule has 0 saturated carbocycles. The third-order valence-electron chi connectivity index (χ3n) is 5.26. The molecule has 4 nitrogen and oxygen atoms in total. The van der Waals surface area contributed by atoms with Gasteiger partial charge in [0.15, 0.2) is 6.10 Å². The van der Waals surface area contributed by atoms with Crippen LogP contribution in [0.1, 0.15) is 57.1 Å². The quantitative estimate of drug-likeness (QED) is 0.769. The molecule has 0 radical (unpaired) electrons. The lowest BCUT2D eigenvalue weighted by Gasteiger charge is -2.33. The van der Waals surface area contributed by atoms with E-state index in [1.54, 1.807) is 0 Å². The molecule has 1 aromatic carbocycles. The molecule has 1 amide bonds. The number of aryl methyl sites for hydroxylation is 1. The topological polar surface area (TPSA) is 41.6 Å². The SMILES string of the molecule is CNCCC1CCN(C(=O)C(C)Oc2cc(C(C)C)ccc2C)CC1.Cl. The number of carbonyl (C=O) groups is 1. The number of benzene rings is 1. The molecular weight excluding hydrogens is 348 g/mol. The van der Waals surface area contributed by atoms with Gasteiger partial charge in [-0.05, 0) is 75.7 Å². The fourth-order valence-electron chi connectivity index (χ4n) is 3.39. The van der Waals surface area contributed by atoms with Crippen LogP contribution in [0.3, 0.4) is 0 Å². The first-order valence-corrected chi connectivity index (χ1v) is 9.63. The number of nitrogens with zero attached hydrogens (tertiary/aromatic N) is 1. The van der Waals surface area contributed by atoms with Gasteiger partial charge in [-0.25, -0.2) is 0 Å². The van der Waals surface area contributed by atoms with Crippen LogP contribution in [0.25, 0.3) is 0 Å². The van der Waals surface area contributed by atoms with Crippen LogP contribution in [0.4, 0.5) is 0 Å². The maximum atomic E-state index is 12.7. The van der Waals surface area contributed by atoms with E-state index in [2.05, 4.69) is 37.4 Å². The molecule has 1 N–H and O–H groups in total. The van der Waals surface area contributed by atoms with Crippen LogP contribution in [0.2, 0.25) is 0 Å². The molecule has 1 fully saturated rings. The molecule has 0 aliphatic carbocycles. The van der Waals surface area contributed by atoms with Crippen LogP contribution in [0, 0.1) is 12.8 Å². The monoisotopic (exact) mass is 382 g/mol. The smallest absolute Gasteiger partial charge is 0.263 e. The summed E-state index contributed by atoms with van der Waals surface area (Å²) in [5.41, 5.74) is 2.32. The molecule has 1 aliphatic heterocycles. The van der Waals surface area contributed by atoms with Crippen molar-refractivity contribution in [2.24, 2.45) is 5.92 Å². The zero-order valence-electron chi connectivity index (χ0n) is 16.9. The van der Waals surface area contributed by atoms with Crippen molar-refractivity contribution in [1.29, 1.82) is 0 Å². The number of halogens is 1. The number of ether oxygens (including phenoxy) is 1. The molecule has 2 rings (SSSR count). The summed E-state index contributed by atoms with van der Waals surface area (Å²) in [6, 6.07) is 6.29. The molecular formula is C21H35ClN2O2. The lowest BCUT2D eigenvalue weighted by Crippen LogP contribution is -2.45. The molecule has 1 aliphatic rings. The van der Waals surface area contributed by atoms with Crippen LogP contribution in [-0.4, -0.2) is 43.6 Å². The summed E-state index contributed by atoms with van der Waals surface area (Å²) < 4.78 is 6.04. The molecule has 5 heteroatoms. The van der Waals surface area contributed by atoms with Crippen molar-refractivity contribution in [1.82, 2.24) is 10.2 Å². The normalized spacial score (nSPS) is 16.3.